The van der Waals surface area contributed by atoms with Gasteiger partial charge in [0, 0.05) is 38.4 Å². The van der Waals surface area contributed by atoms with Crippen molar-refractivity contribution >= 4 is 33.1 Å². The van der Waals surface area contributed by atoms with Gasteiger partial charge in [-0.05, 0) is 37.3 Å². The van der Waals surface area contributed by atoms with Gasteiger partial charge in [0.2, 0.25) is 0 Å². The van der Waals surface area contributed by atoms with Crippen molar-refractivity contribution in [3.05, 3.63) is 58.5 Å². The van der Waals surface area contributed by atoms with Gasteiger partial charge in [0.25, 0.3) is 15.6 Å². The highest BCUT2D eigenvalue weighted by atomic mass is 32.2. The molecule has 3 aromatic rings. The number of carbonyl (C=O) groups excluding carboxylic acids is 1. The summed E-state index contributed by atoms with van der Waals surface area (Å²) in [6.07, 6.45) is 1.47. The number of nitrogens with zero attached hydrogens (tertiary/aromatic N) is 4. The fraction of sp³-hybridized carbons (Fsp3) is 0.300. The minimum absolute atomic E-state index is 0.228. The van der Waals surface area contributed by atoms with E-state index in [4.69, 9.17) is 4.74 Å². The number of pyridine rings is 1. The summed E-state index contributed by atoms with van der Waals surface area (Å²) >= 11 is 1.11. The molecular weight excluding hydrogens is 454 g/mol. The highest BCUT2D eigenvalue weighted by Crippen LogP contribution is 2.31. The number of aromatic nitrogens is 3. The summed E-state index contributed by atoms with van der Waals surface area (Å²) < 4.78 is 32.8. The highest BCUT2D eigenvalue weighted by molar-refractivity contribution is 7.91. The molecule has 0 aromatic carbocycles. The third kappa shape index (κ3) is 4.56. The third-order valence-electron chi connectivity index (χ3n) is 4.93. The zero-order chi connectivity index (χ0) is 22.7. The predicted molar refractivity (Wildman–Crippen MR) is 119 cm³/mol. The SMILES string of the molecule is CCOC(=O)c1ccc(N2CCN(S(=O)(=O)c3ccc(-c4ccc(=O)[nH]n4)s3)CC2)nc1. The number of hydrogen-bond acceptors (Lipinski definition) is 9. The van der Waals surface area contributed by atoms with Crippen molar-refractivity contribution in [1.82, 2.24) is 19.5 Å². The van der Waals surface area contributed by atoms with Gasteiger partial charge in [0.15, 0.2) is 0 Å². The molecule has 0 unspecified atom stereocenters. The van der Waals surface area contributed by atoms with Crippen molar-refractivity contribution in [2.75, 3.05) is 37.7 Å². The smallest absolute Gasteiger partial charge is 0.339 e. The predicted octanol–water partition coefficient (Wildman–Crippen LogP) is 1.58. The first-order chi connectivity index (χ1) is 15.4. The first-order valence-electron chi connectivity index (χ1n) is 9.92. The van der Waals surface area contributed by atoms with E-state index in [1.165, 1.54) is 16.6 Å². The van der Waals surface area contributed by atoms with Gasteiger partial charge in [-0.1, -0.05) is 0 Å². The van der Waals surface area contributed by atoms with Gasteiger partial charge in [-0.25, -0.2) is 23.3 Å². The number of piperazine rings is 1. The van der Waals surface area contributed by atoms with E-state index < -0.39 is 16.0 Å². The van der Waals surface area contributed by atoms with Crippen molar-refractivity contribution in [3.63, 3.8) is 0 Å². The van der Waals surface area contributed by atoms with Gasteiger partial charge in [-0.3, -0.25) is 4.79 Å². The Morgan fingerprint density at radius 2 is 1.91 bits per heavy atom. The second-order valence-electron chi connectivity index (χ2n) is 6.94. The summed E-state index contributed by atoms with van der Waals surface area (Å²) in [6.45, 7) is 3.62. The van der Waals surface area contributed by atoms with Crippen LogP contribution in [-0.2, 0) is 14.8 Å². The monoisotopic (exact) mass is 475 g/mol. The van der Waals surface area contributed by atoms with E-state index in [1.54, 1.807) is 37.3 Å². The van der Waals surface area contributed by atoms with Crippen LogP contribution in [0.2, 0.25) is 0 Å². The lowest BCUT2D eigenvalue weighted by Gasteiger charge is -2.34. The van der Waals surface area contributed by atoms with Crippen LogP contribution in [0.3, 0.4) is 0 Å². The fourth-order valence-corrected chi connectivity index (χ4v) is 6.12. The molecule has 0 bridgehead atoms. The molecule has 0 spiro atoms. The van der Waals surface area contributed by atoms with Crippen LogP contribution in [0.25, 0.3) is 10.6 Å². The van der Waals surface area contributed by atoms with Gasteiger partial charge in [-0.2, -0.15) is 9.40 Å². The Morgan fingerprint density at radius 1 is 1.12 bits per heavy atom. The topological polar surface area (TPSA) is 126 Å². The molecular formula is C20H21N5O5S2. The Morgan fingerprint density at radius 3 is 2.53 bits per heavy atom. The van der Waals surface area contributed by atoms with Crippen LogP contribution in [0.15, 0.2) is 51.6 Å². The van der Waals surface area contributed by atoms with Crippen molar-refractivity contribution < 1.29 is 17.9 Å². The minimum atomic E-state index is -3.64. The lowest BCUT2D eigenvalue weighted by atomic mass is 10.2. The van der Waals surface area contributed by atoms with E-state index in [2.05, 4.69) is 15.2 Å². The molecule has 10 nitrogen and oxygen atoms in total. The second-order valence-corrected chi connectivity index (χ2v) is 10.2. The molecule has 0 amide bonds. The molecule has 12 heteroatoms. The first kappa shape index (κ1) is 22.1. The highest BCUT2D eigenvalue weighted by Gasteiger charge is 2.30. The lowest BCUT2D eigenvalue weighted by molar-refractivity contribution is 0.0526. The Hall–Kier alpha value is -3.09. The average Bonchev–Trinajstić information content (AvgIpc) is 3.31. The molecule has 1 aliphatic heterocycles. The maximum absolute atomic E-state index is 13.1. The molecule has 3 aromatic heterocycles. The van der Waals surface area contributed by atoms with Crippen LogP contribution in [0, 0.1) is 0 Å². The molecule has 1 fully saturated rings. The normalized spacial score (nSPS) is 15.0. The number of ether oxygens (including phenoxy) is 1. The van der Waals surface area contributed by atoms with Crippen molar-refractivity contribution in [3.8, 4) is 10.6 Å². The van der Waals surface area contributed by atoms with Crippen molar-refractivity contribution in [2.24, 2.45) is 0 Å². The number of hydrogen-bond donors (Lipinski definition) is 1. The molecule has 32 heavy (non-hydrogen) atoms. The average molecular weight is 476 g/mol. The Bertz CT molecular complexity index is 1240. The summed E-state index contributed by atoms with van der Waals surface area (Å²) in [7, 11) is -3.64. The van der Waals surface area contributed by atoms with Crippen molar-refractivity contribution in [1.29, 1.82) is 0 Å². The third-order valence-corrected chi connectivity index (χ3v) is 8.40. The largest absolute Gasteiger partial charge is 0.462 e. The molecule has 0 saturated carbocycles. The molecule has 4 rings (SSSR count). The zero-order valence-electron chi connectivity index (χ0n) is 17.2. The molecule has 168 valence electrons. The van der Waals surface area contributed by atoms with Gasteiger partial charge in [-0.15, -0.1) is 11.3 Å². The van der Waals surface area contributed by atoms with Gasteiger partial charge in [0.05, 0.1) is 17.0 Å². The number of nitrogens with one attached hydrogen (secondary N) is 1. The molecule has 0 radical (unpaired) electrons. The Kier molecular flexibility index (Phi) is 6.35. The Balaban J connectivity index is 1.42. The molecule has 1 saturated heterocycles. The van der Waals surface area contributed by atoms with E-state index in [0.29, 0.717) is 54.7 Å². The number of H-pyrrole nitrogens is 1. The number of aromatic amines is 1. The van der Waals surface area contributed by atoms with Gasteiger partial charge < -0.3 is 9.64 Å². The van der Waals surface area contributed by atoms with Crippen LogP contribution < -0.4 is 10.5 Å². The van der Waals surface area contributed by atoms with Crippen LogP contribution in [-0.4, -0.2) is 66.7 Å². The summed E-state index contributed by atoms with van der Waals surface area (Å²) in [5.41, 5.74) is 0.571. The number of esters is 1. The quantitative estimate of drug-likeness (QED) is 0.533. The number of thiophene rings is 1. The summed E-state index contributed by atoms with van der Waals surface area (Å²) in [6, 6.07) is 9.54. The molecule has 1 aliphatic rings. The maximum atomic E-state index is 13.1. The van der Waals surface area contributed by atoms with E-state index in [9.17, 15) is 18.0 Å². The Labute approximate surface area is 188 Å². The van der Waals surface area contributed by atoms with Gasteiger partial charge in [0.1, 0.15) is 15.7 Å². The molecule has 1 N–H and O–H groups in total. The standard InChI is InChI=1S/C20H21N5O5S2/c1-2-30-20(27)14-3-6-17(21-13-14)24-9-11-25(12-10-24)32(28,29)19-8-5-16(31-19)15-4-7-18(26)23-22-15/h3-8,13H,2,9-12H2,1H3,(H,23,26). The van der Waals surface area contributed by atoms with Crippen molar-refractivity contribution in [2.45, 2.75) is 11.1 Å². The second kappa shape index (κ2) is 9.18. The number of carbonyl (C=O) groups is 1. The zero-order valence-corrected chi connectivity index (χ0v) is 18.9. The number of anilines is 1. The number of sulfonamides is 1. The minimum Gasteiger partial charge on any atom is -0.462 e. The van der Waals surface area contributed by atoms with E-state index in [0.717, 1.165) is 11.3 Å². The summed E-state index contributed by atoms with van der Waals surface area (Å²) in [5, 5.41) is 6.30. The summed E-state index contributed by atoms with van der Waals surface area (Å²) in [5.74, 6) is 0.257. The molecule has 0 aliphatic carbocycles. The maximum Gasteiger partial charge on any atom is 0.339 e. The van der Waals surface area contributed by atoms with Crippen LogP contribution >= 0.6 is 11.3 Å². The van der Waals surface area contributed by atoms with E-state index >= 15 is 0 Å². The van der Waals surface area contributed by atoms with Gasteiger partial charge >= 0.3 is 5.97 Å². The summed E-state index contributed by atoms with van der Waals surface area (Å²) in [4.78, 5) is 29.9. The molecule has 4 heterocycles. The van der Waals surface area contributed by atoms with Crippen LogP contribution in [0.5, 0.6) is 0 Å². The molecule has 0 atom stereocenters. The van der Waals surface area contributed by atoms with E-state index in [-0.39, 0.29) is 9.77 Å². The van der Waals surface area contributed by atoms with E-state index in [1.807, 2.05) is 4.90 Å². The fourth-order valence-electron chi connectivity index (χ4n) is 3.27. The van der Waals surface area contributed by atoms with Crippen LogP contribution in [0.4, 0.5) is 5.82 Å². The van der Waals surface area contributed by atoms with Crippen LogP contribution in [0.1, 0.15) is 17.3 Å². The lowest BCUT2D eigenvalue weighted by Crippen LogP contribution is -2.48. The first-order valence-corrected chi connectivity index (χ1v) is 12.2. The number of rotatable bonds is 6.